The van der Waals surface area contributed by atoms with Gasteiger partial charge in [0.2, 0.25) is 0 Å². The van der Waals surface area contributed by atoms with Gasteiger partial charge in [0, 0.05) is 23.8 Å². The number of anilines is 1. The van der Waals surface area contributed by atoms with Crippen molar-refractivity contribution < 1.29 is 0 Å². The van der Waals surface area contributed by atoms with Crippen LogP contribution in [0, 0.1) is 0 Å². The van der Waals surface area contributed by atoms with E-state index in [9.17, 15) is 0 Å². The molecule has 19 heavy (non-hydrogen) atoms. The first-order valence-electron chi connectivity index (χ1n) is 6.82. The molecule has 2 aliphatic rings. The number of rotatable bonds is 0. The summed E-state index contributed by atoms with van der Waals surface area (Å²) in [5.41, 5.74) is 7.06. The predicted octanol–water partition coefficient (Wildman–Crippen LogP) is 3.69. The molecule has 2 aromatic rings. The van der Waals surface area contributed by atoms with Gasteiger partial charge in [0.05, 0.1) is 0 Å². The Morgan fingerprint density at radius 2 is 1.53 bits per heavy atom. The smallest absolute Gasteiger partial charge is 0.0450 e. The highest BCUT2D eigenvalue weighted by molar-refractivity contribution is 5.72. The summed E-state index contributed by atoms with van der Waals surface area (Å²) in [6.45, 7) is 4.39. The van der Waals surface area contributed by atoms with Crippen LogP contribution in [0.2, 0.25) is 0 Å². The van der Waals surface area contributed by atoms with Crippen molar-refractivity contribution in [2.75, 3.05) is 11.9 Å². The Morgan fingerprint density at radius 3 is 2.21 bits per heavy atom. The average Bonchev–Trinajstić information content (AvgIpc) is 2.93. The van der Waals surface area contributed by atoms with Crippen molar-refractivity contribution in [3.8, 4) is 0 Å². The fraction of sp³-hybridized carbons (Fsp3) is 0.222. The van der Waals surface area contributed by atoms with E-state index >= 15 is 0 Å². The van der Waals surface area contributed by atoms with Gasteiger partial charge in [-0.25, -0.2) is 0 Å². The molecule has 0 fully saturated rings. The van der Waals surface area contributed by atoms with Gasteiger partial charge in [-0.1, -0.05) is 49.0 Å². The molecule has 1 aliphatic carbocycles. The largest absolute Gasteiger partial charge is 0.348 e. The van der Waals surface area contributed by atoms with Gasteiger partial charge >= 0.3 is 0 Å². The van der Waals surface area contributed by atoms with Crippen LogP contribution in [0.1, 0.15) is 16.7 Å². The number of likely N-dealkylation sites (N-methyl/N-ethyl adjacent to an activating group) is 1. The summed E-state index contributed by atoms with van der Waals surface area (Å²) in [4.78, 5) is 2.27. The van der Waals surface area contributed by atoms with Crippen molar-refractivity contribution in [1.29, 1.82) is 0 Å². The fourth-order valence-corrected chi connectivity index (χ4v) is 3.80. The molecule has 0 amide bonds. The number of para-hydroxylation sites is 1. The van der Waals surface area contributed by atoms with Gasteiger partial charge in [0.1, 0.15) is 0 Å². The van der Waals surface area contributed by atoms with Crippen molar-refractivity contribution in [3.05, 3.63) is 77.5 Å². The van der Waals surface area contributed by atoms with Crippen LogP contribution in [0.5, 0.6) is 0 Å². The van der Waals surface area contributed by atoms with E-state index in [0.29, 0.717) is 0 Å². The third kappa shape index (κ3) is 1.25. The predicted molar refractivity (Wildman–Crippen MR) is 79.5 cm³/mol. The van der Waals surface area contributed by atoms with E-state index < -0.39 is 0 Å². The highest BCUT2D eigenvalue weighted by Gasteiger charge is 2.48. The zero-order valence-corrected chi connectivity index (χ0v) is 11.2. The van der Waals surface area contributed by atoms with Crippen LogP contribution in [-0.2, 0) is 18.3 Å². The average molecular weight is 247 g/mol. The number of hydrogen-bond acceptors (Lipinski definition) is 1. The summed E-state index contributed by atoms with van der Waals surface area (Å²) < 4.78 is 0. The number of allylic oxidation sites excluding steroid dienone is 1. The Kier molecular flexibility index (Phi) is 2.00. The lowest BCUT2D eigenvalue weighted by Crippen LogP contribution is -2.29. The number of fused-ring (bicyclic) bond motifs is 3. The molecule has 0 atom stereocenters. The standard InChI is InChI=1S/C18H17N/c1-13-18(11-14-7-3-4-8-15(14)12-18)16-9-5-6-10-17(16)19(13)2/h3-10H,1,11-12H2,2H3. The van der Waals surface area contributed by atoms with Gasteiger partial charge in [-0.05, 0) is 35.6 Å². The first-order chi connectivity index (χ1) is 9.22. The molecule has 0 saturated carbocycles. The lowest BCUT2D eigenvalue weighted by atomic mass is 9.77. The minimum absolute atomic E-state index is 0.0923. The van der Waals surface area contributed by atoms with E-state index in [4.69, 9.17) is 0 Å². The minimum Gasteiger partial charge on any atom is -0.348 e. The molecule has 0 radical (unpaired) electrons. The van der Waals surface area contributed by atoms with E-state index in [2.05, 4.69) is 67.1 Å². The van der Waals surface area contributed by atoms with Crippen LogP contribution in [0.3, 0.4) is 0 Å². The van der Waals surface area contributed by atoms with Crippen molar-refractivity contribution in [3.63, 3.8) is 0 Å². The summed E-state index contributed by atoms with van der Waals surface area (Å²) >= 11 is 0. The summed E-state index contributed by atoms with van der Waals surface area (Å²) in [5.74, 6) is 0. The second-order valence-electron chi connectivity index (χ2n) is 5.73. The summed E-state index contributed by atoms with van der Waals surface area (Å²) in [6.07, 6.45) is 2.17. The molecule has 1 nitrogen and oxygen atoms in total. The van der Waals surface area contributed by atoms with Crippen LogP contribution in [0.25, 0.3) is 0 Å². The number of benzene rings is 2. The van der Waals surface area contributed by atoms with E-state index in [-0.39, 0.29) is 5.41 Å². The molecule has 4 rings (SSSR count). The topological polar surface area (TPSA) is 3.24 Å². The van der Waals surface area contributed by atoms with Gasteiger partial charge in [-0.2, -0.15) is 0 Å². The van der Waals surface area contributed by atoms with E-state index in [0.717, 1.165) is 12.8 Å². The zero-order valence-electron chi connectivity index (χ0n) is 11.2. The summed E-state index contributed by atoms with van der Waals surface area (Å²) in [7, 11) is 2.14. The van der Waals surface area contributed by atoms with Crippen molar-refractivity contribution >= 4 is 5.69 Å². The SMILES string of the molecule is C=C1N(C)c2ccccc2C12Cc1ccccc1C2. The molecule has 1 heterocycles. The lowest BCUT2D eigenvalue weighted by molar-refractivity contribution is 0.551. The van der Waals surface area contributed by atoms with Crippen molar-refractivity contribution in [2.24, 2.45) is 0 Å². The van der Waals surface area contributed by atoms with Gasteiger partial charge in [0.15, 0.2) is 0 Å². The Balaban J connectivity index is 1.92. The Bertz CT molecular complexity index is 659. The maximum atomic E-state index is 4.39. The van der Waals surface area contributed by atoms with Crippen LogP contribution in [0.4, 0.5) is 5.69 Å². The molecule has 0 unspecified atom stereocenters. The van der Waals surface area contributed by atoms with Gasteiger partial charge in [-0.15, -0.1) is 0 Å². The molecule has 0 saturated heterocycles. The van der Waals surface area contributed by atoms with Gasteiger partial charge in [0.25, 0.3) is 0 Å². The molecule has 1 spiro atoms. The van der Waals surface area contributed by atoms with Crippen LogP contribution < -0.4 is 4.90 Å². The maximum Gasteiger partial charge on any atom is 0.0450 e. The van der Waals surface area contributed by atoms with Crippen LogP contribution in [0.15, 0.2) is 60.8 Å². The Morgan fingerprint density at radius 1 is 0.947 bits per heavy atom. The zero-order chi connectivity index (χ0) is 13.0. The first kappa shape index (κ1) is 10.9. The summed E-state index contributed by atoms with van der Waals surface area (Å²) in [6, 6.07) is 17.6. The Hall–Kier alpha value is -2.02. The third-order valence-corrected chi connectivity index (χ3v) is 4.84. The van der Waals surface area contributed by atoms with Crippen LogP contribution >= 0.6 is 0 Å². The highest BCUT2D eigenvalue weighted by atomic mass is 15.2. The molecule has 1 heteroatoms. The van der Waals surface area contributed by atoms with Crippen molar-refractivity contribution in [2.45, 2.75) is 18.3 Å². The fourth-order valence-electron chi connectivity index (χ4n) is 3.80. The lowest BCUT2D eigenvalue weighted by Gasteiger charge is -2.27. The maximum absolute atomic E-state index is 4.39. The highest BCUT2D eigenvalue weighted by Crippen LogP contribution is 2.53. The number of nitrogens with zero attached hydrogens (tertiary/aromatic N) is 1. The molecule has 2 aromatic carbocycles. The first-order valence-corrected chi connectivity index (χ1v) is 6.82. The summed E-state index contributed by atoms with van der Waals surface area (Å²) in [5, 5.41) is 0. The Labute approximate surface area is 114 Å². The monoisotopic (exact) mass is 247 g/mol. The van der Waals surface area contributed by atoms with Crippen molar-refractivity contribution in [1.82, 2.24) is 0 Å². The number of hydrogen-bond donors (Lipinski definition) is 0. The molecule has 94 valence electrons. The molecule has 0 N–H and O–H groups in total. The molecule has 0 aromatic heterocycles. The third-order valence-electron chi connectivity index (χ3n) is 4.84. The second-order valence-corrected chi connectivity index (χ2v) is 5.73. The van der Waals surface area contributed by atoms with E-state index in [1.807, 2.05) is 0 Å². The molecule has 1 aliphatic heterocycles. The minimum atomic E-state index is 0.0923. The molecular weight excluding hydrogens is 230 g/mol. The second kappa shape index (κ2) is 3.51. The molecule has 0 bridgehead atoms. The van der Waals surface area contributed by atoms with Crippen LogP contribution in [-0.4, -0.2) is 7.05 Å². The van der Waals surface area contributed by atoms with E-state index in [1.165, 1.54) is 28.1 Å². The normalized spacial score (nSPS) is 18.8. The quantitative estimate of drug-likeness (QED) is 0.686. The van der Waals surface area contributed by atoms with Gasteiger partial charge in [-0.3, -0.25) is 0 Å². The molecular formula is C18H17N. The van der Waals surface area contributed by atoms with E-state index in [1.54, 1.807) is 0 Å². The van der Waals surface area contributed by atoms with Gasteiger partial charge < -0.3 is 4.90 Å².